The first-order valence-electron chi connectivity index (χ1n) is 11.5. The Morgan fingerprint density at radius 2 is 2.00 bits per heavy atom. The molecule has 2 aliphatic rings. The van der Waals surface area contributed by atoms with Crippen LogP contribution in [0.5, 0.6) is 0 Å². The Morgan fingerprint density at radius 1 is 1.13 bits per heavy atom. The van der Waals surface area contributed by atoms with Crippen LogP contribution in [0.4, 0.5) is 5.82 Å². The van der Waals surface area contributed by atoms with E-state index < -0.39 is 0 Å². The van der Waals surface area contributed by atoms with Crippen LogP contribution in [0.3, 0.4) is 0 Å². The number of hydrogen-bond acceptors (Lipinski definition) is 5. The van der Waals surface area contributed by atoms with Crippen molar-refractivity contribution in [2.24, 2.45) is 5.92 Å². The zero-order chi connectivity index (χ0) is 21.2. The molecule has 1 saturated carbocycles. The summed E-state index contributed by atoms with van der Waals surface area (Å²) in [5.41, 5.74) is 3.82. The summed E-state index contributed by atoms with van der Waals surface area (Å²) in [5, 5.41) is 11.8. The molecule has 0 radical (unpaired) electrons. The molecular weight excluding hydrogens is 388 g/mol. The highest BCUT2D eigenvalue weighted by Gasteiger charge is 2.31. The lowest BCUT2D eigenvalue weighted by Gasteiger charge is -2.34. The van der Waals surface area contributed by atoms with Crippen LogP contribution >= 0.6 is 0 Å². The van der Waals surface area contributed by atoms with Crippen LogP contribution in [-0.4, -0.2) is 44.1 Å². The molecule has 31 heavy (non-hydrogen) atoms. The third-order valence-corrected chi connectivity index (χ3v) is 6.68. The molecule has 1 saturated heterocycles. The fraction of sp³-hybridized carbons (Fsp3) is 0.500. The standard InChI is InChI=1S/C24H30N6O/c1-16-6-4-10-19(26-16)14-25-22-20-11-12-21(27-23(20)29-28-22)18-9-5-13-30(15-18)24(31)17-7-2-3-8-17/h4,6,10-12,17-18H,2-3,5,7-9,13-15H2,1H3,(H2,25,27,28,29). The minimum Gasteiger partial charge on any atom is -0.362 e. The van der Waals surface area contributed by atoms with Crippen LogP contribution < -0.4 is 5.32 Å². The second-order valence-electron chi connectivity index (χ2n) is 8.93. The normalized spacial score (nSPS) is 19.8. The number of aromatic nitrogens is 4. The Balaban J connectivity index is 1.28. The van der Waals surface area contributed by atoms with Crippen molar-refractivity contribution in [2.45, 2.75) is 57.9 Å². The number of amides is 1. The second-order valence-corrected chi connectivity index (χ2v) is 8.93. The lowest BCUT2D eigenvalue weighted by Crippen LogP contribution is -2.42. The number of anilines is 1. The smallest absolute Gasteiger partial charge is 0.225 e. The van der Waals surface area contributed by atoms with Crippen molar-refractivity contribution in [3.63, 3.8) is 0 Å². The summed E-state index contributed by atoms with van der Waals surface area (Å²) in [6.45, 7) is 4.28. The van der Waals surface area contributed by atoms with Gasteiger partial charge in [0.15, 0.2) is 11.5 Å². The first-order valence-corrected chi connectivity index (χ1v) is 11.5. The van der Waals surface area contributed by atoms with Gasteiger partial charge in [-0.3, -0.25) is 14.9 Å². The van der Waals surface area contributed by atoms with Gasteiger partial charge in [0.05, 0.1) is 17.6 Å². The van der Waals surface area contributed by atoms with E-state index in [1.165, 1.54) is 12.8 Å². The number of piperidine rings is 1. The van der Waals surface area contributed by atoms with E-state index >= 15 is 0 Å². The Morgan fingerprint density at radius 3 is 2.84 bits per heavy atom. The Labute approximate surface area is 182 Å². The number of likely N-dealkylation sites (tertiary alicyclic amines) is 1. The summed E-state index contributed by atoms with van der Waals surface area (Å²) < 4.78 is 0. The van der Waals surface area contributed by atoms with Crippen LogP contribution in [0, 0.1) is 12.8 Å². The highest BCUT2D eigenvalue weighted by atomic mass is 16.2. The molecule has 2 N–H and O–H groups in total. The van der Waals surface area contributed by atoms with Crippen LogP contribution in [0.15, 0.2) is 30.3 Å². The van der Waals surface area contributed by atoms with E-state index in [4.69, 9.17) is 4.98 Å². The lowest BCUT2D eigenvalue weighted by molar-refractivity contribution is -0.136. The number of hydrogen-bond donors (Lipinski definition) is 2. The zero-order valence-electron chi connectivity index (χ0n) is 18.1. The first-order chi connectivity index (χ1) is 15.2. The number of carbonyl (C=O) groups excluding carboxylic acids is 1. The van der Waals surface area contributed by atoms with E-state index in [0.29, 0.717) is 18.4 Å². The molecule has 4 heterocycles. The van der Waals surface area contributed by atoms with Gasteiger partial charge >= 0.3 is 0 Å². The van der Waals surface area contributed by atoms with Crippen molar-refractivity contribution in [2.75, 3.05) is 18.4 Å². The fourth-order valence-electron chi connectivity index (χ4n) is 5.00. The molecule has 7 nitrogen and oxygen atoms in total. The number of carbonyl (C=O) groups is 1. The number of nitrogens with zero attached hydrogens (tertiary/aromatic N) is 4. The molecule has 0 aromatic carbocycles. The van der Waals surface area contributed by atoms with Gasteiger partial charge in [-0.2, -0.15) is 5.10 Å². The molecule has 1 atom stereocenters. The molecule has 2 fully saturated rings. The quantitative estimate of drug-likeness (QED) is 0.649. The summed E-state index contributed by atoms with van der Waals surface area (Å²) >= 11 is 0. The summed E-state index contributed by atoms with van der Waals surface area (Å²) in [4.78, 5) is 24.4. The maximum atomic E-state index is 12.9. The monoisotopic (exact) mass is 418 g/mol. The topological polar surface area (TPSA) is 86.8 Å². The highest BCUT2D eigenvalue weighted by Crippen LogP contribution is 2.32. The van der Waals surface area contributed by atoms with Gasteiger partial charge in [-0.15, -0.1) is 0 Å². The van der Waals surface area contributed by atoms with E-state index in [1.54, 1.807) is 0 Å². The molecule has 0 bridgehead atoms. The fourth-order valence-corrected chi connectivity index (χ4v) is 5.00. The summed E-state index contributed by atoms with van der Waals surface area (Å²) in [5.74, 6) is 1.69. The minimum atomic E-state index is 0.248. The molecule has 1 aliphatic heterocycles. The molecule has 5 rings (SSSR count). The summed E-state index contributed by atoms with van der Waals surface area (Å²) in [6.07, 6.45) is 6.63. The maximum absolute atomic E-state index is 12.9. The highest BCUT2D eigenvalue weighted by molar-refractivity contribution is 5.87. The van der Waals surface area contributed by atoms with Gasteiger partial charge in [-0.05, 0) is 56.9 Å². The molecule has 162 valence electrons. The van der Waals surface area contributed by atoms with Crippen molar-refractivity contribution in [1.29, 1.82) is 0 Å². The van der Waals surface area contributed by atoms with Gasteiger partial charge in [0, 0.05) is 36.3 Å². The summed E-state index contributed by atoms with van der Waals surface area (Å²) in [7, 11) is 0. The van der Waals surface area contributed by atoms with Gasteiger partial charge in [-0.25, -0.2) is 4.98 Å². The van der Waals surface area contributed by atoms with Crippen LogP contribution in [0.25, 0.3) is 11.0 Å². The number of nitrogens with one attached hydrogen (secondary N) is 2. The van der Waals surface area contributed by atoms with Gasteiger partial charge in [-0.1, -0.05) is 18.9 Å². The number of pyridine rings is 2. The first kappa shape index (κ1) is 20.0. The van der Waals surface area contributed by atoms with Crippen LogP contribution in [0.2, 0.25) is 0 Å². The number of aryl methyl sites for hydroxylation is 1. The van der Waals surface area contributed by atoms with Crippen molar-refractivity contribution in [3.8, 4) is 0 Å². The molecular formula is C24H30N6O. The number of rotatable bonds is 5. The SMILES string of the molecule is Cc1cccc(CNc2n[nH]c3nc(C4CCCN(C(=O)C5CCCC5)C4)ccc23)n1. The number of aromatic amines is 1. The average molecular weight is 419 g/mol. The van der Waals surface area contributed by atoms with Crippen LogP contribution in [0.1, 0.15) is 61.5 Å². The van der Waals surface area contributed by atoms with E-state index in [2.05, 4.69) is 37.5 Å². The van der Waals surface area contributed by atoms with Crippen molar-refractivity contribution in [1.82, 2.24) is 25.1 Å². The van der Waals surface area contributed by atoms with E-state index in [0.717, 1.165) is 72.7 Å². The zero-order valence-corrected chi connectivity index (χ0v) is 18.1. The number of fused-ring (bicyclic) bond motifs is 1. The van der Waals surface area contributed by atoms with Crippen molar-refractivity contribution < 1.29 is 4.79 Å². The van der Waals surface area contributed by atoms with Gasteiger partial charge in [0.25, 0.3) is 0 Å². The summed E-state index contributed by atoms with van der Waals surface area (Å²) in [6, 6.07) is 10.2. The average Bonchev–Trinajstić information content (AvgIpc) is 3.47. The van der Waals surface area contributed by atoms with Gasteiger partial charge < -0.3 is 10.2 Å². The van der Waals surface area contributed by atoms with E-state index in [1.807, 2.05) is 25.1 Å². The molecule has 3 aromatic rings. The Kier molecular flexibility index (Phi) is 5.57. The second kappa shape index (κ2) is 8.65. The third-order valence-electron chi connectivity index (χ3n) is 6.68. The molecule has 0 spiro atoms. The Hall–Kier alpha value is -2.96. The van der Waals surface area contributed by atoms with E-state index in [-0.39, 0.29) is 5.92 Å². The van der Waals surface area contributed by atoms with E-state index in [9.17, 15) is 4.79 Å². The Bertz CT molecular complexity index is 1070. The van der Waals surface area contributed by atoms with Gasteiger partial charge in [0.2, 0.25) is 5.91 Å². The predicted molar refractivity (Wildman–Crippen MR) is 121 cm³/mol. The maximum Gasteiger partial charge on any atom is 0.225 e. The predicted octanol–water partition coefficient (Wildman–Crippen LogP) is 4.17. The van der Waals surface area contributed by atoms with Crippen LogP contribution in [-0.2, 0) is 11.3 Å². The minimum absolute atomic E-state index is 0.248. The molecule has 3 aromatic heterocycles. The van der Waals surface area contributed by atoms with Gasteiger partial charge in [0.1, 0.15) is 0 Å². The molecule has 7 heteroatoms. The van der Waals surface area contributed by atoms with Crippen molar-refractivity contribution in [3.05, 3.63) is 47.4 Å². The van der Waals surface area contributed by atoms with Crippen molar-refractivity contribution >= 4 is 22.8 Å². The third kappa shape index (κ3) is 4.27. The lowest BCUT2D eigenvalue weighted by atomic mass is 9.93. The molecule has 1 unspecified atom stereocenters. The largest absolute Gasteiger partial charge is 0.362 e. The number of H-pyrrole nitrogens is 1. The molecule has 1 aliphatic carbocycles. The molecule has 1 amide bonds.